The summed E-state index contributed by atoms with van der Waals surface area (Å²) in [6.07, 6.45) is -4.12. The highest BCUT2D eigenvalue weighted by Crippen LogP contribution is 2.17. The number of carbonyl (C=O) groups excluding carboxylic acids is 2. The first-order valence-electron chi connectivity index (χ1n) is 11.3. The summed E-state index contributed by atoms with van der Waals surface area (Å²) in [6.45, 7) is 5.47. The van der Waals surface area contributed by atoms with Crippen LogP contribution in [0.15, 0.2) is 48.5 Å². The molecule has 0 radical (unpaired) electrons. The molecular formula is C25H30F3N3O5. The Hall–Kier alpha value is -3.60. The van der Waals surface area contributed by atoms with Crippen molar-refractivity contribution >= 4 is 17.8 Å². The molecule has 0 atom stereocenters. The lowest BCUT2D eigenvalue weighted by Crippen LogP contribution is -2.50. The van der Waals surface area contributed by atoms with Gasteiger partial charge in [-0.15, -0.1) is 0 Å². The van der Waals surface area contributed by atoms with E-state index in [0.29, 0.717) is 30.9 Å². The van der Waals surface area contributed by atoms with Crippen LogP contribution >= 0.6 is 0 Å². The Labute approximate surface area is 207 Å². The Bertz CT molecular complexity index is 1020. The Morgan fingerprint density at radius 3 is 2.17 bits per heavy atom. The Morgan fingerprint density at radius 2 is 1.64 bits per heavy atom. The van der Waals surface area contributed by atoms with Gasteiger partial charge in [-0.1, -0.05) is 37.3 Å². The number of alkyl halides is 3. The van der Waals surface area contributed by atoms with Gasteiger partial charge >= 0.3 is 12.1 Å². The smallest absolute Gasteiger partial charge is 0.490 e. The molecule has 0 unspecified atom stereocenters. The van der Waals surface area contributed by atoms with Crippen molar-refractivity contribution in [2.75, 3.05) is 39.8 Å². The van der Waals surface area contributed by atoms with Gasteiger partial charge in [0.2, 0.25) is 5.91 Å². The lowest BCUT2D eigenvalue weighted by Gasteiger charge is -2.30. The van der Waals surface area contributed by atoms with Gasteiger partial charge in [0.15, 0.2) is 0 Å². The number of carbonyl (C=O) groups is 3. The van der Waals surface area contributed by atoms with E-state index >= 15 is 0 Å². The van der Waals surface area contributed by atoms with E-state index in [1.165, 1.54) is 5.56 Å². The molecule has 0 aromatic heterocycles. The summed E-state index contributed by atoms with van der Waals surface area (Å²) in [6, 6.07) is 15.3. The minimum absolute atomic E-state index is 0.0204. The van der Waals surface area contributed by atoms with E-state index in [0.717, 1.165) is 25.1 Å². The largest absolute Gasteiger partial charge is 0.497 e. The molecule has 1 saturated heterocycles. The summed E-state index contributed by atoms with van der Waals surface area (Å²) in [4.78, 5) is 38.4. The number of benzene rings is 2. The Kier molecular flexibility index (Phi) is 10.7. The van der Waals surface area contributed by atoms with Gasteiger partial charge < -0.3 is 25.0 Å². The number of methoxy groups -OCH3 is 1. The third kappa shape index (κ3) is 8.88. The van der Waals surface area contributed by atoms with Crippen LogP contribution in [0.3, 0.4) is 0 Å². The zero-order valence-corrected chi connectivity index (χ0v) is 20.2. The maximum Gasteiger partial charge on any atom is 0.490 e. The van der Waals surface area contributed by atoms with Crippen molar-refractivity contribution in [1.29, 1.82) is 0 Å². The van der Waals surface area contributed by atoms with Crippen LogP contribution in [-0.4, -0.2) is 78.7 Å². The summed E-state index contributed by atoms with van der Waals surface area (Å²) in [5, 5.41) is 10.4. The molecule has 1 aliphatic heterocycles. The van der Waals surface area contributed by atoms with E-state index in [2.05, 4.69) is 24.4 Å². The standard InChI is InChI=1S/C23H29N3O3.C2HF3O2/c1-3-18-7-9-19(10-8-18)16-26(17-22(27)25-13-11-24-12-14-25)23(28)20-5-4-6-21(15-20)29-2;3-2(4,5)1(6)7/h4-10,15,24H,3,11-14,16-17H2,1-2H3;(H,6,7). The van der Waals surface area contributed by atoms with Gasteiger partial charge in [0, 0.05) is 38.3 Å². The molecule has 1 aliphatic rings. The van der Waals surface area contributed by atoms with Gasteiger partial charge in [-0.25, -0.2) is 4.79 Å². The predicted octanol–water partition coefficient (Wildman–Crippen LogP) is 2.97. The zero-order valence-electron chi connectivity index (χ0n) is 20.2. The van der Waals surface area contributed by atoms with Gasteiger partial charge in [0.1, 0.15) is 12.3 Å². The molecule has 11 heteroatoms. The van der Waals surface area contributed by atoms with Crippen molar-refractivity contribution in [2.24, 2.45) is 0 Å². The zero-order chi connectivity index (χ0) is 26.7. The fraction of sp³-hybridized carbons (Fsp3) is 0.400. The molecule has 0 aliphatic carbocycles. The van der Waals surface area contributed by atoms with Gasteiger partial charge in [0.05, 0.1) is 7.11 Å². The van der Waals surface area contributed by atoms with Crippen molar-refractivity contribution in [3.8, 4) is 5.75 Å². The van der Waals surface area contributed by atoms with Crippen LogP contribution in [0.2, 0.25) is 0 Å². The molecular weight excluding hydrogens is 479 g/mol. The van der Waals surface area contributed by atoms with Crippen LogP contribution in [0.4, 0.5) is 13.2 Å². The fourth-order valence-electron chi connectivity index (χ4n) is 3.42. The number of rotatable bonds is 7. The molecule has 2 N–H and O–H groups in total. The minimum Gasteiger partial charge on any atom is -0.497 e. The number of halogens is 3. The van der Waals surface area contributed by atoms with Gasteiger partial charge in [-0.2, -0.15) is 13.2 Å². The lowest BCUT2D eigenvalue weighted by molar-refractivity contribution is -0.192. The number of hydrogen-bond acceptors (Lipinski definition) is 5. The lowest BCUT2D eigenvalue weighted by atomic mass is 10.1. The van der Waals surface area contributed by atoms with Gasteiger partial charge in [-0.3, -0.25) is 9.59 Å². The molecule has 196 valence electrons. The second-order valence-electron chi connectivity index (χ2n) is 8.00. The second-order valence-corrected chi connectivity index (χ2v) is 8.00. The van der Waals surface area contributed by atoms with Crippen LogP contribution in [0.1, 0.15) is 28.4 Å². The summed E-state index contributed by atoms with van der Waals surface area (Å²) < 4.78 is 37.0. The molecule has 2 aromatic carbocycles. The fourth-order valence-corrected chi connectivity index (χ4v) is 3.42. The summed E-state index contributed by atoms with van der Waals surface area (Å²) >= 11 is 0. The molecule has 1 fully saturated rings. The average molecular weight is 510 g/mol. The molecule has 8 nitrogen and oxygen atoms in total. The molecule has 0 bridgehead atoms. The number of aryl methyl sites for hydroxylation is 1. The number of ether oxygens (including phenoxy) is 1. The topological polar surface area (TPSA) is 99.2 Å². The molecule has 0 spiro atoms. The SMILES string of the molecule is CCc1ccc(CN(CC(=O)N2CCNCC2)C(=O)c2cccc(OC)c2)cc1.O=C(O)C(F)(F)F. The highest BCUT2D eigenvalue weighted by molar-refractivity contribution is 5.96. The first-order chi connectivity index (χ1) is 17.0. The van der Waals surface area contributed by atoms with Crippen LogP contribution in [0.5, 0.6) is 5.75 Å². The minimum atomic E-state index is -5.08. The van der Waals surface area contributed by atoms with Crippen LogP contribution < -0.4 is 10.1 Å². The summed E-state index contributed by atoms with van der Waals surface area (Å²) in [7, 11) is 1.57. The van der Waals surface area contributed by atoms with Gasteiger partial charge in [0.25, 0.3) is 5.91 Å². The van der Waals surface area contributed by atoms with Crippen LogP contribution in [-0.2, 0) is 22.6 Å². The van der Waals surface area contributed by atoms with Crippen LogP contribution in [0, 0.1) is 0 Å². The molecule has 0 saturated carbocycles. The van der Waals surface area contributed by atoms with E-state index in [-0.39, 0.29) is 18.4 Å². The highest BCUT2D eigenvalue weighted by Gasteiger charge is 2.38. The van der Waals surface area contributed by atoms with Gasteiger partial charge in [-0.05, 0) is 35.7 Å². The van der Waals surface area contributed by atoms with E-state index in [9.17, 15) is 22.8 Å². The van der Waals surface area contributed by atoms with Crippen LogP contribution in [0.25, 0.3) is 0 Å². The quantitative estimate of drug-likeness (QED) is 0.596. The van der Waals surface area contributed by atoms with Crippen molar-refractivity contribution in [2.45, 2.75) is 26.1 Å². The average Bonchev–Trinajstić information content (AvgIpc) is 2.88. The predicted molar refractivity (Wildman–Crippen MR) is 127 cm³/mol. The molecule has 2 aromatic rings. The first kappa shape index (κ1) is 28.6. The van der Waals surface area contributed by atoms with Crippen molar-refractivity contribution in [1.82, 2.24) is 15.1 Å². The normalized spacial score (nSPS) is 13.3. The van der Waals surface area contributed by atoms with E-state index in [1.54, 1.807) is 36.3 Å². The number of nitrogens with zero attached hydrogens (tertiary/aromatic N) is 2. The maximum atomic E-state index is 13.2. The van der Waals surface area contributed by atoms with Crippen molar-refractivity contribution < 1.29 is 37.4 Å². The number of aliphatic carboxylic acids is 1. The molecule has 36 heavy (non-hydrogen) atoms. The number of nitrogens with one attached hydrogen (secondary N) is 1. The van der Waals surface area contributed by atoms with E-state index in [4.69, 9.17) is 14.6 Å². The van der Waals surface area contributed by atoms with E-state index < -0.39 is 12.1 Å². The second kappa shape index (κ2) is 13.5. The maximum absolute atomic E-state index is 13.2. The number of carboxylic acids is 1. The van der Waals surface area contributed by atoms with Crippen molar-refractivity contribution in [3.05, 3.63) is 65.2 Å². The molecule has 1 heterocycles. The summed E-state index contributed by atoms with van der Waals surface area (Å²) in [5.41, 5.74) is 2.77. The third-order valence-corrected chi connectivity index (χ3v) is 5.45. The van der Waals surface area contributed by atoms with Crippen molar-refractivity contribution in [3.63, 3.8) is 0 Å². The number of amides is 2. The third-order valence-electron chi connectivity index (χ3n) is 5.45. The molecule has 2 amide bonds. The summed E-state index contributed by atoms with van der Waals surface area (Å²) in [5.74, 6) is -2.33. The first-order valence-corrected chi connectivity index (χ1v) is 11.3. The number of hydrogen-bond donors (Lipinski definition) is 2. The highest BCUT2D eigenvalue weighted by atomic mass is 19.4. The monoisotopic (exact) mass is 509 g/mol. The Balaban J connectivity index is 0.000000572. The number of carboxylic acid groups (broad SMARTS) is 1. The number of piperazine rings is 1. The molecule has 3 rings (SSSR count). The Morgan fingerprint density at radius 1 is 1.06 bits per heavy atom. The van der Waals surface area contributed by atoms with E-state index in [1.807, 2.05) is 17.0 Å².